The molecule has 0 spiro atoms. The van der Waals surface area contributed by atoms with E-state index in [4.69, 9.17) is 5.11 Å². The Kier molecular flexibility index (Phi) is 26.0. The minimum absolute atomic E-state index is 0.436. The zero-order chi connectivity index (χ0) is 31.8. The zero-order valence-electron chi connectivity index (χ0n) is 29.0. The molecular formula is C37H69N3O. The van der Waals surface area contributed by atoms with Crippen molar-refractivity contribution in [3.05, 3.63) is 61.2 Å². The van der Waals surface area contributed by atoms with Crippen LogP contribution in [-0.2, 0) is 0 Å². The van der Waals surface area contributed by atoms with Crippen LogP contribution in [0.3, 0.4) is 0 Å². The summed E-state index contributed by atoms with van der Waals surface area (Å²) in [5, 5.41) is 7.00. The molecule has 4 unspecified atom stereocenters. The van der Waals surface area contributed by atoms with E-state index in [1.807, 2.05) is 33.8 Å². The molecule has 1 N–H and O–H groups in total. The van der Waals surface area contributed by atoms with Crippen molar-refractivity contribution in [1.82, 2.24) is 9.80 Å². The van der Waals surface area contributed by atoms with Crippen LogP contribution in [0.15, 0.2) is 50.1 Å². The molecule has 238 valence electrons. The number of aliphatic hydroxyl groups is 1. The van der Waals surface area contributed by atoms with E-state index < -0.39 is 0 Å². The average molecular weight is 572 g/mol. The molecule has 2 aliphatic heterocycles. The molecule has 1 aromatic rings. The van der Waals surface area contributed by atoms with Crippen LogP contribution in [0.4, 0.5) is 5.69 Å². The van der Waals surface area contributed by atoms with Gasteiger partial charge in [0.05, 0.1) is 0 Å². The highest BCUT2D eigenvalue weighted by Crippen LogP contribution is 2.48. The van der Waals surface area contributed by atoms with E-state index in [-0.39, 0.29) is 0 Å². The Labute approximate surface area is 257 Å². The normalized spacial score (nSPS) is 18.6. The summed E-state index contributed by atoms with van der Waals surface area (Å²) < 4.78 is 0. The van der Waals surface area contributed by atoms with E-state index in [1.54, 1.807) is 0 Å². The molecule has 1 aromatic carbocycles. The third kappa shape index (κ3) is 13.3. The number of nitrogens with zero attached hydrogens (tertiary/aromatic N) is 3. The van der Waals surface area contributed by atoms with E-state index in [0.717, 1.165) is 33.3 Å². The monoisotopic (exact) mass is 572 g/mol. The smallest absolute Gasteiger partial charge is 0.0422 e. The van der Waals surface area contributed by atoms with E-state index in [2.05, 4.69) is 99.4 Å². The number of benzene rings is 1. The van der Waals surface area contributed by atoms with Crippen molar-refractivity contribution >= 4 is 11.8 Å². The topological polar surface area (TPSA) is 30.0 Å². The predicted octanol–water partition coefficient (Wildman–Crippen LogP) is 9.13. The summed E-state index contributed by atoms with van der Waals surface area (Å²) in [5.74, 6) is 1.62. The summed E-state index contributed by atoms with van der Waals surface area (Å²) >= 11 is 0. The maximum absolute atomic E-state index is 7.00. The molecule has 41 heavy (non-hydrogen) atoms. The Balaban J connectivity index is 0. The molecule has 4 nitrogen and oxygen atoms in total. The minimum atomic E-state index is 0.436. The molecule has 0 bridgehead atoms. The number of aliphatic hydroxyl groups excluding tert-OH is 1. The van der Waals surface area contributed by atoms with Gasteiger partial charge in [-0.2, -0.15) is 0 Å². The Morgan fingerprint density at radius 2 is 1.51 bits per heavy atom. The summed E-state index contributed by atoms with van der Waals surface area (Å²) in [6.07, 6.45) is 11.3. The lowest BCUT2D eigenvalue weighted by Gasteiger charge is -2.37. The SMILES string of the molecule is C=CCN(CCN1CCCC1)CCN1c2cc(C=C)ccc2C(C(C)CC)C1C(C)C=C.CC.CC.CCC.CO. The predicted molar refractivity (Wildman–Crippen MR) is 188 cm³/mol. The fourth-order valence-electron chi connectivity index (χ4n) is 5.69. The number of rotatable bonds is 13. The van der Waals surface area contributed by atoms with Crippen molar-refractivity contribution in [2.75, 3.05) is 57.8 Å². The quantitative estimate of drug-likeness (QED) is 0.239. The van der Waals surface area contributed by atoms with Crippen molar-refractivity contribution in [3.63, 3.8) is 0 Å². The van der Waals surface area contributed by atoms with Gasteiger partial charge < -0.3 is 14.9 Å². The van der Waals surface area contributed by atoms with Crippen LogP contribution < -0.4 is 4.90 Å². The second-order valence-electron chi connectivity index (χ2n) is 10.6. The lowest BCUT2D eigenvalue weighted by atomic mass is 9.78. The molecule has 2 heterocycles. The number of hydrogen-bond acceptors (Lipinski definition) is 4. The van der Waals surface area contributed by atoms with Crippen molar-refractivity contribution in [2.45, 2.75) is 100.0 Å². The third-order valence-corrected chi connectivity index (χ3v) is 7.83. The highest BCUT2D eigenvalue weighted by Gasteiger charge is 2.42. The van der Waals surface area contributed by atoms with Gasteiger partial charge in [-0.3, -0.25) is 4.90 Å². The maximum atomic E-state index is 7.00. The van der Waals surface area contributed by atoms with E-state index in [0.29, 0.717) is 23.8 Å². The van der Waals surface area contributed by atoms with Crippen LogP contribution in [0.1, 0.15) is 105 Å². The van der Waals surface area contributed by atoms with Gasteiger partial charge in [0, 0.05) is 57.5 Å². The Bertz CT molecular complexity index is 786. The van der Waals surface area contributed by atoms with Crippen LogP contribution in [-0.4, -0.2) is 73.9 Å². The molecule has 3 rings (SSSR count). The summed E-state index contributed by atoms with van der Waals surface area (Å²) in [7, 11) is 1.00. The first-order chi connectivity index (χ1) is 19.9. The van der Waals surface area contributed by atoms with E-state index in [9.17, 15) is 0 Å². The van der Waals surface area contributed by atoms with Crippen molar-refractivity contribution in [3.8, 4) is 0 Å². The first-order valence-corrected chi connectivity index (χ1v) is 16.6. The van der Waals surface area contributed by atoms with Crippen LogP contribution >= 0.6 is 0 Å². The van der Waals surface area contributed by atoms with Crippen LogP contribution in [0, 0.1) is 11.8 Å². The second kappa shape index (κ2) is 25.8. The van der Waals surface area contributed by atoms with Gasteiger partial charge in [0.1, 0.15) is 0 Å². The maximum Gasteiger partial charge on any atom is 0.0422 e. The largest absolute Gasteiger partial charge is 0.400 e. The number of hydrogen-bond donors (Lipinski definition) is 1. The Morgan fingerprint density at radius 1 is 0.951 bits per heavy atom. The lowest BCUT2D eigenvalue weighted by molar-refractivity contribution is 0.240. The summed E-state index contributed by atoms with van der Waals surface area (Å²) in [6, 6.07) is 7.42. The standard InChI is InChI=1S/C29H45N3.C3H8.2C2H6.CH4O/c1-7-15-30(18-19-31-16-11-12-17-31)20-21-32-27-22-25(10-4)13-14-26(27)28(23(5)8-2)29(32)24(6)9-3;1-3-2;3*1-2/h7,9-10,13-14,22-24,28-29H,1,3-4,8,11-12,15-21H2,2,5-6H3;3H2,1-2H3;2*1-2H3;2H,1H3. The molecule has 2 aliphatic rings. The van der Waals surface area contributed by atoms with Gasteiger partial charge in [-0.25, -0.2) is 0 Å². The zero-order valence-corrected chi connectivity index (χ0v) is 29.0. The van der Waals surface area contributed by atoms with Crippen LogP contribution in [0.2, 0.25) is 0 Å². The molecule has 0 aromatic heterocycles. The van der Waals surface area contributed by atoms with Gasteiger partial charge in [0.25, 0.3) is 0 Å². The molecule has 0 radical (unpaired) electrons. The highest BCUT2D eigenvalue weighted by molar-refractivity contribution is 5.67. The number of fused-ring (bicyclic) bond motifs is 1. The minimum Gasteiger partial charge on any atom is -0.400 e. The first kappa shape index (κ1) is 41.3. The fraction of sp³-hybridized carbons (Fsp3) is 0.676. The first-order valence-electron chi connectivity index (χ1n) is 16.6. The fourth-order valence-corrected chi connectivity index (χ4v) is 5.69. The molecule has 4 atom stereocenters. The molecule has 1 saturated heterocycles. The van der Waals surface area contributed by atoms with E-state index in [1.165, 1.54) is 62.1 Å². The molecule has 0 aliphatic carbocycles. The molecule has 0 saturated carbocycles. The summed E-state index contributed by atoms with van der Waals surface area (Å²) in [4.78, 5) is 7.88. The Morgan fingerprint density at radius 3 is 2.00 bits per heavy atom. The van der Waals surface area contributed by atoms with Gasteiger partial charge in [-0.1, -0.05) is 112 Å². The second-order valence-corrected chi connectivity index (χ2v) is 10.6. The van der Waals surface area contributed by atoms with Gasteiger partial charge in [-0.05, 0) is 55.0 Å². The van der Waals surface area contributed by atoms with Gasteiger partial charge >= 0.3 is 0 Å². The molecule has 1 fully saturated rings. The van der Waals surface area contributed by atoms with Crippen molar-refractivity contribution in [2.24, 2.45) is 11.8 Å². The van der Waals surface area contributed by atoms with Crippen LogP contribution in [0.25, 0.3) is 6.08 Å². The highest BCUT2D eigenvalue weighted by atomic mass is 16.2. The summed E-state index contributed by atoms with van der Waals surface area (Å²) in [6.45, 7) is 39.5. The van der Waals surface area contributed by atoms with Crippen molar-refractivity contribution < 1.29 is 5.11 Å². The number of likely N-dealkylation sites (tertiary alicyclic amines) is 1. The average Bonchev–Trinajstić information content (AvgIpc) is 3.67. The third-order valence-electron chi connectivity index (χ3n) is 7.83. The van der Waals surface area contributed by atoms with E-state index >= 15 is 0 Å². The number of anilines is 1. The van der Waals surface area contributed by atoms with Crippen molar-refractivity contribution in [1.29, 1.82) is 0 Å². The van der Waals surface area contributed by atoms with Gasteiger partial charge in [0.2, 0.25) is 0 Å². The van der Waals surface area contributed by atoms with Crippen LogP contribution in [0.5, 0.6) is 0 Å². The molecule has 0 amide bonds. The van der Waals surface area contributed by atoms with Gasteiger partial charge in [-0.15, -0.1) is 13.2 Å². The lowest BCUT2D eigenvalue weighted by Crippen LogP contribution is -2.45. The molecular weight excluding hydrogens is 502 g/mol. The summed E-state index contributed by atoms with van der Waals surface area (Å²) in [5.41, 5.74) is 4.13. The Hall–Kier alpha value is -1.88. The molecule has 4 heteroatoms. The van der Waals surface area contributed by atoms with Gasteiger partial charge in [0.15, 0.2) is 0 Å².